The molecule has 0 radical (unpaired) electrons. The average molecular weight is 523 g/mol. The van der Waals surface area contributed by atoms with Gasteiger partial charge in [0, 0.05) is 6.54 Å². The quantitative estimate of drug-likeness (QED) is 0.427. The van der Waals surface area contributed by atoms with Crippen LogP contribution in [0.25, 0.3) is 0 Å². The Bertz CT molecular complexity index is 887. The number of nitrogens with one attached hydrogen (secondary N) is 1. The van der Waals surface area contributed by atoms with Gasteiger partial charge in [-0.3, -0.25) is 0 Å². The van der Waals surface area contributed by atoms with E-state index in [1.54, 1.807) is 45.0 Å². The van der Waals surface area contributed by atoms with Crippen molar-refractivity contribution >= 4 is 12.2 Å². The van der Waals surface area contributed by atoms with Crippen molar-refractivity contribution in [1.29, 1.82) is 0 Å². The summed E-state index contributed by atoms with van der Waals surface area (Å²) in [6.45, 7) is 10.6. The van der Waals surface area contributed by atoms with Crippen molar-refractivity contribution in [2.45, 2.75) is 84.0 Å². The Morgan fingerprint density at radius 3 is 2.54 bits per heavy atom. The molecule has 10 nitrogen and oxygen atoms in total. The molecule has 1 aromatic carbocycles. The van der Waals surface area contributed by atoms with Crippen LogP contribution in [0.2, 0.25) is 0 Å². The molecular formula is C27H42N2O8. The van der Waals surface area contributed by atoms with Gasteiger partial charge in [-0.25, -0.2) is 9.59 Å². The van der Waals surface area contributed by atoms with Crippen LogP contribution in [-0.4, -0.2) is 83.7 Å². The second kappa shape index (κ2) is 12.8. The molecule has 0 saturated carbocycles. The van der Waals surface area contributed by atoms with Crippen LogP contribution in [0.1, 0.15) is 53.0 Å². The van der Waals surface area contributed by atoms with E-state index in [1.807, 2.05) is 13.8 Å². The van der Waals surface area contributed by atoms with Gasteiger partial charge in [-0.05, 0) is 57.2 Å². The lowest BCUT2D eigenvalue weighted by molar-refractivity contribution is -0.0907. The number of benzene rings is 1. The molecular weight excluding hydrogens is 480 g/mol. The van der Waals surface area contributed by atoms with Gasteiger partial charge in [-0.2, -0.15) is 0 Å². The van der Waals surface area contributed by atoms with E-state index >= 15 is 0 Å². The number of carbonyl (C=O) groups excluding carboxylic acids is 2. The standard InChI is InChI=1S/C27H42N2O8/c1-6-17(2)14-29(26(33)37-27(3,4)5)15-22(31)21(13-18-7-9-19(30)10-8-18)28-25(32)36-23-16-35-24-20(23)11-12-34-24/h7-10,17,20-24,30-31H,6,11-16H2,1-5H3,(H,28,32)/t17-,20-,21+,22+,23-,24+/m0/s1. The van der Waals surface area contributed by atoms with Gasteiger partial charge in [-0.15, -0.1) is 0 Å². The Kier molecular flexibility index (Phi) is 10.0. The smallest absolute Gasteiger partial charge is 0.410 e. The topological polar surface area (TPSA) is 127 Å². The normalized spacial score (nSPS) is 23.6. The first-order chi connectivity index (χ1) is 17.4. The predicted molar refractivity (Wildman–Crippen MR) is 136 cm³/mol. The largest absolute Gasteiger partial charge is 0.508 e. The first-order valence-electron chi connectivity index (χ1n) is 13.1. The van der Waals surface area contributed by atoms with Gasteiger partial charge in [0.25, 0.3) is 0 Å². The molecule has 2 aliphatic rings. The summed E-state index contributed by atoms with van der Waals surface area (Å²) >= 11 is 0. The molecule has 3 rings (SSSR count). The number of aromatic hydroxyl groups is 1. The third kappa shape index (κ3) is 8.76. The number of amides is 2. The monoisotopic (exact) mass is 522 g/mol. The molecule has 10 heteroatoms. The zero-order valence-corrected chi connectivity index (χ0v) is 22.5. The minimum Gasteiger partial charge on any atom is -0.508 e. The fourth-order valence-corrected chi connectivity index (χ4v) is 4.45. The Labute approximate surface area is 219 Å². The molecule has 1 aromatic rings. The lowest BCUT2D eigenvalue weighted by atomic mass is 10.00. The van der Waals surface area contributed by atoms with E-state index < -0.39 is 36.0 Å². The molecule has 3 N–H and O–H groups in total. The molecule has 2 saturated heterocycles. The maximum Gasteiger partial charge on any atom is 0.410 e. The highest BCUT2D eigenvalue weighted by Crippen LogP contribution is 2.33. The van der Waals surface area contributed by atoms with Gasteiger partial charge >= 0.3 is 12.2 Å². The lowest BCUT2D eigenvalue weighted by Gasteiger charge is -2.33. The molecule has 2 aliphatic heterocycles. The molecule has 208 valence electrons. The maximum atomic E-state index is 12.9. The van der Waals surface area contributed by atoms with Gasteiger partial charge in [0.2, 0.25) is 0 Å². The lowest BCUT2D eigenvalue weighted by Crippen LogP contribution is -2.52. The van der Waals surface area contributed by atoms with Crippen molar-refractivity contribution in [2.75, 3.05) is 26.3 Å². The molecule has 6 atom stereocenters. The van der Waals surface area contributed by atoms with Crippen LogP contribution >= 0.6 is 0 Å². The minimum atomic E-state index is -1.11. The molecule has 0 aromatic heterocycles. The number of fused-ring (bicyclic) bond motifs is 1. The van der Waals surface area contributed by atoms with Crippen LogP contribution in [0.4, 0.5) is 9.59 Å². The minimum absolute atomic E-state index is 0.00980. The van der Waals surface area contributed by atoms with E-state index in [-0.39, 0.29) is 43.4 Å². The number of rotatable bonds is 10. The van der Waals surface area contributed by atoms with Gasteiger partial charge in [0.05, 0.1) is 37.8 Å². The number of carbonyl (C=O) groups is 2. The second-order valence-corrected chi connectivity index (χ2v) is 11.1. The molecule has 37 heavy (non-hydrogen) atoms. The summed E-state index contributed by atoms with van der Waals surface area (Å²) in [5.74, 6) is 0.300. The molecule has 2 heterocycles. The second-order valence-electron chi connectivity index (χ2n) is 11.1. The summed E-state index contributed by atoms with van der Waals surface area (Å²) in [6, 6.07) is 5.76. The third-order valence-electron chi connectivity index (χ3n) is 6.69. The highest BCUT2D eigenvalue weighted by atomic mass is 16.7. The van der Waals surface area contributed by atoms with Crippen molar-refractivity contribution < 1.29 is 38.7 Å². The number of phenols is 1. The van der Waals surface area contributed by atoms with E-state index in [0.717, 1.165) is 18.4 Å². The van der Waals surface area contributed by atoms with Crippen molar-refractivity contribution in [3.63, 3.8) is 0 Å². The average Bonchev–Trinajstić information content (AvgIpc) is 3.43. The summed E-state index contributed by atoms with van der Waals surface area (Å²) in [5.41, 5.74) is 0.107. The summed E-state index contributed by atoms with van der Waals surface area (Å²) in [4.78, 5) is 27.3. The van der Waals surface area contributed by atoms with Gasteiger partial charge in [0.15, 0.2) is 6.29 Å². The van der Waals surface area contributed by atoms with E-state index in [0.29, 0.717) is 13.2 Å². The van der Waals surface area contributed by atoms with E-state index in [9.17, 15) is 19.8 Å². The Morgan fingerprint density at radius 1 is 1.19 bits per heavy atom. The van der Waals surface area contributed by atoms with Crippen LogP contribution < -0.4 is 5.32 Å². The van der Waals surface area contributed by atoms with Crippen LogP contribution in [0.15, 0.2) is 24.3 Å². The summed E-state index contributed by atoms with van der Waals surface area (Å²) < 4.78 is 22.3. The third-order valence-corrected chi connectivity index (χ3v) is 6.69. The first kappa shape index (κ1) is 29.0. The zero-order chi connectivity index (χ0) is 27.2. The maximum absolute atomic E-state index is 12.9. The van der Waals surface area contributed by atoms with Crippen LogP contribution in [0.3, 0.4) is 0 Å². The molecule has 0 bridgehead atoms. The van der Waals surface area contributed by atoms with Crippen LogP contribution in [0.5, 0.6) is 5.75 Å². The van der Waals surface area contributed by atoms with Crippen molar-refractivity contribution in [1.82, 2.24) is 10.2 Å². The van der Waals surface area contributed by atoms with Crippen molar-refractivity contribution in [3.05, 3.63) is 29.8 Å². The molecule has 0 aliphatic carbocycles. The van der Waals surface area contributed by atoms with E-state index in [2.05, 4.69) is 5.32 Å². The van der Waals surface area contributed by atoms with Crippen LogP contribution in [0, 0.1) is 11.8 Å². The number of ether oxygens (including phenoxy) is 4. The summed E-state index contributed by atoms with van der Waals surface area (Å²) in [5, 5.41) is 23.7. The first-order valence-corrected chi connectivity index (χ1v) is 13.1. The number of alkyl carbamates (subject to hydrolysis) is 1. The van der Waals surface area contributed by atoms with Gasteiger partial charge in [-0.1, -0.05) is 32.4 Å². The number of phenolic OH excluding ortho intramolecular Hbond substituents is 1. The number of nitrogens with zero attached hydrogens (tertiary/aromatic N) is 1. The van der Waals surface area contributed by atoms with Gasteiger partial charge in [0.1, 0.15) is 17.5 Å². The molecule has 0 spiro atoms. The molecule has 0 unspecified atom stereocenters. The Morgan fingerprint density at radius 2 is 1.89 bits per heavy atom. The summed E-state index contributed by atoms with van der Waals surface area (Å²) in [6.07, 6.45) is -1.21. The Balaban J connectivity index is 1.72. The number of aliphatic hydroxyl groups excluding tert-OH is 1. The van der Waals surface area contributed by atoms with Crippen molar-refractivity contribution in [3.8, 4) is 5.75 Å². The summed E-state index contributed by atoms with van der Waals surface area (Å²) in [7, 11) is 0. The van der Waals surface area contributed by atoms with E-state index in [1.165, 1.54) is 4.90 Å². The SMILES string of the molecule is CC[C@H](C)CN(C[C@@H](O)[C@@H](Cc1ccc(O)cc1)NC(=O)O[C@H]1CO[C@H]2OCC[C@H]21)C(=O)OC(C)(C)C. The van der Waals surface area contributed by atoms with Crippen molar-refractivity contribution in [2.24, 2.45) is 11.8 Å². The molecule has 2 amide bonds. The Hall–Kier alpha value is -2.56. The van der Waals surface area contributed by atoms with Gasteiger partial charge < -0.3 is 39.4 Å². The highest BCUT2D eigenvalue weighted by molar-refractivity contribution is 5.69. The van der Waals surface area contributed by atoms with E-state index in [4.69, 9.17) is 18.9 Å². The fourth-order valence-electron chi connectivity index (χ4n) is 4.45. The number of aliphatic hydroxyl groups is 1. The van der Waals surface area contributed by atoms with Crippen LogP contribution in [-0.2, 0) is 25.4 Å². The molecule has 2 fully saturated rings. The number of hydrogen-bond acceptors (Lipinski definition) is 8. The number of hydrogen-bond donors (Lipinski definition) is 3. The highest BCUT2D eigenvalue weighted by Gasteiger charge is 2.44. The zero-order valence-electron chi connectivity index (χ0n) is 22.5. The predicted octanol–water partition coefficient (Wildman–Crippen LogP) is 3.44. The fraction of sp³-hybridized carbons (Fsp3) is 0.704.